The minimum absolute atomic E-state index is 0.0415. The van der Waals surface area contributed by atoms with E-state index in [1.807, 2.05) is 0 Å². The van der Waals surface area contributed by atoms with Gasteiger partial charge in [0.25, 0.3) is 5.91 Å². The Labute approximate surface area is 125 Å². The predicted molar refractivity (Wildman–Crippen MR) is 74.0 cm³/mol. The van der Waals surface area contributed by atoms with Crippen molar-refractivity contribution < 1.29 is 19.4 Å². The third kappa shape index (κ3) is 2.44. The molecular formula is C12H15ClN4O4. The van der Waals surface area contributed by atoms with Gasteiger partial charge >= 0.3 is 0 Å². The summed E-state index contributed by atoms with van der Waals surface area (Å²) in [5.41, 5.74) is -0.442. The van der Waals surface area contributed by atoms with E-state index < -0.39 is 11.8 Å². The fourth-order valence-corrected chi connectivity index (χ4v) is 2.61. The lowest BCUT2D eigenvalue weighted by molar-refractivity contribution is -0.120. The topological polar surface area (TPSA) is 106 Å². The number of fused-ring (bicyclic) bond motifs is 1. The minimum atomic E-state index is -1.29. The van der Waals surface area contributed by atoms with E-state index in [1.54, 1.807) is 6.92 Å². The highest BCUT2D eigenvalue weighted by atomic mass is 35.5. The summed E-state index contributed by atoms with van der Waals surface area (Å²) in [6.07, 6.45) is -0.760. The normalized spacial score (nSPS) is 25.4. The van der Waals surface area contributed by atoms with E-state index in [1.165, 1.54) is 0 Å². The number of ether oxygens (including phenoxy) is 2. The molecule has 2 atom stereocenters. The van der Waals surface area contributed by atoms with E-state index in [4.69, 9.17) is 21.1 Å². The Morgan fingerprint density at radius 2 is 2.38 bits per heavy atom. The van der Waals surface area contributed by atoms with Gasteiger partial charge in [0, 0.05) is 19.6 Å². The Hall–Kier alpha value is -1.48. The third-order valence-electron chi connectivity index (χ3n) is 3.52. The largest absolute Gasteiger partial charge is 0.378 e. The maximum absolute atomic E-state index is 12.3. The summed E-state index contributed by atoms with van der Waals surface area (Å²) in [7, 11) is 0. The highest BCUT2D eigenvalue weighted by Crippen LogP contribution is 2.38. The Bertz CT molecular complexity index is 577. The third-order valence-corrected chi connectivity index (χ3v) is 3.69. The smallest absolute Gasteiger partial charge is 0.252 e. The van der Waals surface area contributed by atoms with Crippen molar-refractivity contribution in [1.82, 2.24) is 9.97 Å². The quantitative estimate of drug-likeness (QED) is 0.556. The molecule has 2 aliphatic heterocycles. The van der Waals surface area contributed by atoms with Crippen molar-refractivity contribution in [2.24, 2.45) is 0 Å². The Morgan fingerprint density at radius 3 is 3.05 bits per heavy atom. The summed E-state index contributed by atoms with van der Waals surface area (Å²) >= 11 is 5.88. The molecule has 1 aromatic rings. The molecule has 0 aliphatic carbocycles. The summed E-state index contributed by atoms with van der Waals surface area (Å²) in [6.45, 7) is 2.77. The van der Waals surface area contributed by atoms with Crippen molar-refractivity contribution in [2.45, 2.75) is 25.2 Å². The second-order valence-corrected chi connectivity index (χ2v) is 5.21. The Kier molecular flexibility index (Phi) is 3.70. The summed E-state index contributed by atoms with van der Waals surface area (Å²) in [6, 6.07) is 0. The van der Waals surface area contributed by atoms with Crippen molar-refractivity contribution in [3.05, 3.63) is 11.0 Å². The van der Waals surface area contributed by atoms with Gasteiger partial charge < -0.3 is 25.2 Å². The monoisotopic (exact) mass is 314 g/mol. The molecule has 0 bridgehead atoms. The van der Waals surface area contributed by atoms with Gasteiger partial charge in [-0.1, -0.05) is 0 Å². The fraction of sp³-hybridized carbons (Fsp3) is 0.583. The molecule has 0 aromatic carbocycles. The van der Waals surface area contributed by atoms with E-state index in [2.05, 4.69) is 20.6 Å². The molecule has 2 aliphatic rings. The van der Waals surface area contributed by atoms with Crippen LogP contribution in [0.2, 0.25) is 5.28 Å². The van der Waals surface area contributed by atoms with Crippen LogP contribution in [0.25, 0.3) is 0 Å². The first-order valence-electron chi connectivity index (χ1n) is 6.60. The van der Waals surface area contributed by atoms with Crippen molar-refractivity contribution in [1.29, 1.82) is 0 Å². The van der Waals surface area contributed by atoms with Crippen LogP contribution in [0.5, 0.6) is 0 Å². The molecule has 1 aromatic heterocycles. The van der Waals surface area contributed by atoms with Crippen LogP contribution in [0.1, 0.15) is 25.3 Å². The first-order chi connectivity index (χ1) is 10.1. The van der Waals surface area contributed by atoms with Crippen LogP contribution in [-0.2, 0) is 14.3 Å². The van der Waals surface area contributed by atoms with Gasteiger partial charge in [0.1, 0.15) is 16.9 Å². The number of hydrogen-bond donors (Lipinski definition) is 3. The van der Waals surface area contributed by atoms with Crippen LogP contribution in [0.15, 0.2) is 0 Å². The van der Waals surface area contributed by atoms with E-state index >= 15 is 0 Å². The zero-order valence-electron chi connectivity index (χ0n) is 11.4. The van der Waals surface area contributed by atoms with E-state index in [9.17, 15) is 9.90 Å². The lowest BCUT2D eigenvalue weighted by Gasteiger charge is -2.34. The first-order valence-corrected chi connectivity index (χ1v) is 6.98. The molecule has 1 saturated heterocycles. The SMILES string of the molecule is CCOC(O)c1nc(Cl)nc2c1NC(=O)C1(CCOC1)N2. The van der Waals surface area contributed by atoms with Gasteiger partial charge in [0.05, 0.1) is 6.61 Å². The highest BCUT2D eigenvalue weighted by molar-refractivity contribution is 6.28. The van der Waals surface area contributed by atoms with Crippen LogP contribution < -0.4 is 10.6 Å². The molecule has 114 valence electrons. The van der Waals surface area contributed by atoms with Gasteiger partial charge in [-0.05, 0) is 18.5 Å². The molecule has 2 unspecified atom stereocenters. The fourth-order valence-electron chi connectivity index (χ4n) is 2.44. The molecule has 0 saturated carbocycles. The van der Waals surface area contributed by atoms with Crippen LogP contribution >= 0.6 is 11.6 Å². The predicted octanol–water partition coefficient (Wildman–Crippen LogP) is 0.680. The summed E-state index contributed by atoms with van der Waals surface area (Å²) in [5, 5.41) is 15.7. The van der Waals surface area contributed by atoms with Crippen LogP contribution in [0.3, 0.4) is 0 Å². The maximum atomic E-state index is 12.3. The number of nitrogens with zero attached hydrogens (tertiary/aromatic N) is 2. The van der Waals surface area contributed by atoms with Crippen molar-refractivity contribution in [2.75, 3.05) is 30.5 Å². The number of halogens is 1. The Balaban J connectivity index is 2.02. The summed E-state index contributed by atoms with van der Waals surface area (Å²) < 4.78 is 10.4. The number of aromatic nitrogens is 2. The number of aliphatic hydroxyl groups is 1. The summed E-state index contributed by atoms with van der Waals surface area (Å²) in [5.74, 6) is 0.109. The molecule has 1 fully saturated rings. The van der Waals surface area contributed by atoms with Crippen molar-refractivity contribution >= 4 is 29.0 Å². The van der Waals surface area contributed by atoms with Gasteiger partial charge in [-0.3, -0.25) is 4.79 Å². The number of nitrogens with one attached hydrogen (secondary N) is 2. The van der Waals surface area contributed by atoms with Crippen LogP contribution in [0.4, 0.5) is 11.5 Å². The van der Waals surface area contributed by atoms with Gasteiger partial charge in [-0.2, -0.15) is 4.98 Å². The zero-order valence-corrected chi connectivity index (χ0v) is 12.1. The van der Waals surface area contributed by atoms with E-state index in [-0.39, 0.29) is 35.8 Å². The lowest BCUT2D eigenvalue weighted by atomic mass is 9.95. The second-order valence-electron chi connectivity index (χ2n) is 4.87. The van der Waals surface area contributed by atoms with Gasteiger partial charge in [0.2, 0.25) is 11.6 Å². The second kappa shape index (κ2) is 5.38. The zero-order chi connectivity index (χ0) is 15.0. The average molecular weight is 315 g/mol. The molecule has 3 N–H and O–H groups in total. The first kappa shape index (κ1) is 14.5. The molecular weight excluding hydrogens is 300 g/mol. The number of anilines is 2. The molecule has 1 spiro atoms. The minimum Gasteiger partial charge on any atom is -0.378 e. The molecule has 1 amide bonds. The van der Waals surface area contributed by atoms with Crippen LogP contribution in [-0.4, -0.2) is 46.3 Å². The standard InChI is InChI=1S/C12H15ClN4O4/c1-2-21-9(18)7-6-8(16-11(13)15-7)17-12(10(19)14-6)3-4-20-5-12/h9,18H,2-5H2,1H3,(H,14,19)(H,15,16,17). The number of amides is 1. The van der Waals surface area contributed by atoms with Crippen molar-refractivity contribution in [3.8, 4) is 0 Å². The molecule has 8 nitrogen and oxygen atoms in total. The number of rotatable bonds is 3. The van der Waals surface area contributed by atoms with Gasteiger partial charge in [0.15, 0.2) is 5.82 Å². The van der Waals surface area contributed by atoms with E-state index in [0.29, 0.717) is 18.8 Å². The van der Waals surface area contributed by atoms with Crippen molar-refractivity contribution in [3.63, 3.8) is 0 Å². The molecule has 0 radical (unpaired) electrons. The average Bonchev–Trinajstić information content (AvgIpc) is 2.90. The number of aliphatic hydroxyl groups excluding tert-OH is 1. The number of carbonyl (C=O) groups excluding carboxylic acids is 1. The Morgan fingerprint density at radius 1 is 1.57 bits per heavy atom. The molecule has 3 rings (SSSR count). The van der Waals surface area contributed by atoms with E-state index in [0.717, 1.165) is 0 Å². The number of carbonyl (C=O) groups is 1. The lowest BCUT2D eigenvalue weighted by Crippen LogP contribution is -2.53. The van der Waals surface area contributed by atoms with Gasteiger partial charge in [-0.15, -0.1) is 0 Å². The molecule has 9 heteroatoms. The molecule has 21 heavy (non-hydrogen) atoms. The highest BCUT2D eigenvalue weighted by Gasteiger charge is 2.47. The number of hydrogen-bond acceptors (Lipinski definition) is 7. The van der Waals surface area contributed by atoms with Crippen LogP contribution in [0, 0.1) is 0 Å². The summed E-state index contributed by atoms with van der Waals surface area (Å²) in [4.78, 5) is 20.4. The van der Waals surface area contributed by atoms with Gasteiger partial charge in [-0.25, -0.2) is 4.98 Å². The maximum Gasteiger partial charge on any atom is 0.252 e. The molecule has 3 heterocycles.